The number of nitrogens with zero attached hydrogens (tertiary/aromatic N) is 1. The number of carbonyl (C=O) groups excluding carboxylic acids is 1. The van der Waals surface area contributed by atoms with Crippen molar-refractivity contribution in [2.45, 2.75) is 32.7 Å². The lowest BCUT2D eigenvalue weighted by molar-refractivity contribution is -0.149. The van der Waals surface area contributed by atoms with Gasteiger partial charge in [-0.2, -0.15) is 4.31 Å². The summed E-state index contributed by atoms with van der Waals surface area (Å²) in [6.45, 7) is 3.10. The lowest BCUT2D eigenvalue weighted by Crippen LogP contribution is -2.45. The first-order chi connectivity index (χ1) is 8.62. The highest BCUT2D eigenvalue weighted by molar-refractivity contribution is 7.89. The molecule has 0 spiro atoms. The highest BCUT2D eigenvalue weighted by atomic mass is 32.2. The molecule has 1 rings (SSSR count). The Balaban J connectivity index is 2.93. The van der Waals surface area contributed by atoms with Crippen LogP contribution < -0.4 is 0 Å². The molecule has 1 saturated heterocycles. The Bertz CT molecular complexity index is 470. The van der Waals surface area contributed by atoms with Gasteiger partial charge >= 0.3 is 11.9 Å². The molecule has 0 bridgehead atoms. The topological polar surface area (TPSA) is 101 Å². The molecule has 110 valence electrons. The van der Waals surface area contributed by atoms with E-state index in [1.165, 1.54) is 21.0 Å². The van der Waals surface area contributed by atoms with Crippen molar-refractivity contribution in [3.63, 3.8) is 0 Å². The van der Waals surface area contributed by atoms with E-state index >= 15 is 0 Å². The monoisotopic (exact) mass is 293 g/mol. The van der Waals surface area contributed by atoms with E-state index in [2.05, 4.69) is 4.74 Å². The Morgan fingerprint density at radius 3 is 2.47 bits per heavy atom. The highest BCUT2D eigenvalue weighted by Gasteiger charge is 2.43. The molecule has 0 amide bonds. The maximum atomic E-state index is 12.2. The number of methoxy groups -OCH3 is 1. The number of sulfonamides is 1. The molecule has 0 radical (unpaired) electrons. The highest BCUT2D eigenvalue weighted by Crippen LogP contribution is 2.27. The van der Waals surface area contributed by atoms with Gasteiger partial charge in [-0.15, -0.1) is 0 Å². The first kappa shape index (κ1) is 15.9. The molecule has 1 atom stereocenters. The fourth-order valence-electron chi connectivity index (χ4n) is 2.19. The molecule has 1 N–H and O–H groups in total. The van der Waals surface area contributed by atoms with Crippen LogP contribution in [0.15, 0.2) is 0 Å². The summed E-state index contributed by atoms with van der Waals surface area (Å²) >= 11 is 0. The van der Waals surface area contributed by atoms with Gasteiger partial charge in [0.25, 0.3) is 0 Å². The molecule has 0 unspecified atom stereocenters. The maximum absolute atomic E-state index is 12.2. The zero-order valence-electron chi connectivity index (χ0n) is 11.2. The van der Waals surface area contributed by atoms with Crippen LogP contribution in [0.25, 0.3) is 0 Å². The number of esters is 1. The summed E-state index contributed by atoms with van der Waals surface area (Å²) in [4.78, 5) is 22.5. The van der Waals surface area contributed by atoms with Crippen molar-refractivity contribution >= 4 is 22.0 Å². The molecule has 1 aliphatic rings. The molecule has 7 nitrogen and oxygen atoms in total. The Kier molecular flexibility index (Phi) is 4.57. The van der Waals surface area contributed by atoms with Crippen molar-refractivity contribution in [2.75, 3.05) is 19.4 Å². The van der Waals surface area contributed by atoms with Crippen LogP contribution in [0.5, 0.6) is 0 Å². The van der Waals surface area contributed by atoms with Gasteiger partial charge < -0.3 is 9.84 Å². The summed E-state index contributed by atoms with van der Waals surface area (Å²) in [7, 11) is -2.63. The van der Waals surface area contributed by atoms with Gasteiger partial charge in [0, 0.05) is 6.54 Å². The number of rotatable bonds is 5. The van der Waals surface area contributed by atoms with E-state index < -0.39 is 39.2 Å². The zero-order chi connectivity index (χ0) is 14.8. The maximum Gasteiger partial charge on any atom is 0.322 e. The predicted octanol–water partition coefficient (Wildman–Crippen LogP) is 0.0644. The number of hydrogen-bond donors (Lipinski definition) is 1. The summed E-state index contributed by atoms with van der Waals surface area (Å²) in [5, 5.41) is 9.00. The SMILES string of the molecule is COC(=O)C(C)(C)CS(=O)(=O)N1CCC[C@@H]1C(=O)O. The van der Waals surface area contributed by atoms with Crippen LogP contribution in [0.3, 0.4) is 0 Å². The van der Waals surface area contributed by atoms with E-state index in [9.17, 15) is 18.0 Å². The smallest absolute Gasteiger partial charge is 0.322 e. The van der Waals surface area contributed by atoms with Crippen molar-refractivity contribution in [1.29, 1.82) is 0 Å². The van der Waals surface area contributed by atoms with Crippen LogP contribution in [-0.4, -0.2) is 55.2 Å². The van der Waals surface area contributed by atoms with E-state index in [1.54, 1.807) is 0 Å². The third kappa shape index (κ3) is 3.44. The Hall–Kier alpha value is -1.15. The van der Waals surface area contributed by atoms with Gasteiger partial charge in [-0.05, 0) is 26.7 Å². The van der Waals surface area contributed by atoms with Crippen molar-refractivity contribution in [3.05, 3.63) is 0 Å². The molecular formula is C11H19NO6S. The zero-order valence-corrected chi connectivity index (χ0v) is 12.1. The van der Waals surface area contributed by atoms with Crippen LogP contribution in [0.4, 0.5) is 0 Å². The van der Waals surface area contributed by atoms with Crippen molar-refractivity contribution < 1.29 is 27.9 Å². The van der Waals surface area contributed by atoms with Gasteiger partial charge in [0.2, 0.25) is 10.0 Å². The van der Waals surface area contributed by atoms with Gasteiger partial charge in [-0.1, -0.05) is 0 Å². The Labute approximate surface area is 112 Å². The second-order valence-corrected chi connectivity index (χ2v) is 7.16. The Morgan fingerprint density at radius 1 is 1.42 bits per heavy atom. The number of carbonyl (C=O) groups is 2. The average Bonchev–Trinajstić information content (AvgIpc) is 2.76. The minimum absolute atomic E-state index is 0.177. The lowest BCUT2D eigenvalue weighted by Gasteiger charge is -2.26. The number of hydrogen-bond acceptors (Lipinski definition) is 5. The molecular weight excluding hydrogens is 274 g/mol. The average molecular weight is 293 g/mol. The third-order valence-electron chi connectivity index (χ3n) is 3.13. The van der Waals surface area contributed by atoms with Crippen LogP contribution in [0.1, 0.15) is 26.7 Å². The number of carboxylic acid groups (broad SMARTS) is 1. The fraction of sp³-hybridized carbons (Fsp3) is 0.818. The third-order valence-corrected chi connectivity index (χ3v) is 5.37. The van der Waals surface area contributed by atoms with Crippen LogP contribution in [-0.2, 0) is 24.3 Å². The van der Waals surface area contributed by atoms with Crippen molar-refractivity contribution in [2.24, 2.45) is 5.41 Å². The first-order valence-electron chi connectivity index (χ1n) is 5.92. The number of ether oxygens (including phenoxy) is 1. The number of carboxylic acids is 1. The standard InChI is InChI=1S/C11H19NO6S/c1-11(2,10(15)18-3)7-19(16,17)12-6-4-5-8(12)9(13)14/h8H,4-7H2,1-3H3,(H,13,14)/t8-/m1/s1. The van der Waals surface area contributed by atoms with Gasteiger partial charge in [0.1, 0.15) is 6.04 Å². The molecule has 1 fully saturated rings. The van der Waals surface area contributed by atoms with Gasteiger partial charge in [0.05, 0.1) is 18.3 Å². The van der Waals surface area contributed by atoms with E-state index in [0.717, 1.165) is 4.31 Å². The van der Waals surface area contributed by atoms with Crippen LogP contribution >= 0.6 is 0 Å². The molecule has 1 heterocycles. The van der Waals surface area contributed by atoms with E-state index in [4.69, 9.17) is 5.11 Å². The molecule has 1 aliphatic heterocycles. The molecule has 0 aromatic heterocycles. The quantitative estimate of drug-likeness (QED) is 0.720. The number of aliphatic carboxylic acids is 1. The van der Waals surface area contributed by atoms with Gasteiger partial charge in [-0.3, -0.25) is 9.59 Å². The molecule has 8 heteroatoms. The molecule has 0 aliphatic carbocycles. The first-order valence-corrected chi connectivity index (χ1v) is 7.53. The largest absolute Gasteiger partial charge is 0.480 e. The van der Waals surface area contributed by atoms with E-state index in [1.807, 2.05) is 0 Å². The van der Waals surface area contributed by atoms with Crippen molar-refractivity contribution in [1.82, 2.24) is 4.31 Å². The predicted molar refractivity (Wildman–Crippen MR) is 66.9 cm³/mol. The van der Waals surface area contributed by atoms with Crippen LogP contribution in [0.2, 0.25) is 0 Å². The Morgan fingerprint density at radius 2 is 2.00 bits per heavy atom. The summed E-state index contributed by atoms with van der Waals surface area (Å²) in [5.74, 6) is -2.25. The summed E-state index contributed by atoms with van der Waals surface area (Å²) in [5.41, 5.74) is -1.21. The minimum atomic E-state index is -3.82. The lowest BCUT2D eigenvalue weighted by atomic mass is 9.97. The van der Waals surface area contributed by atoms with E-state index in [-0.39, 0.29) is 6.54 Å². The summed E-state index contributed by atoms with van der Waals surface area (Å²) < 4.78 is 30.0. The normalized spacial score (nSPS) is 21.3. The van der Waals surface area contributed by atoms with E-state index in [0.29, 0.717) is 12.8 Å². The fourth-order valence-corrected chi connectivity index (χ4v) is 4.38. The summed E-state index contributed by atoms with van der Waals surface area (Å²) in [6.07, 6.45) is 0.808. The second kappa shape index (κ2) is 5.46. The van der Waals surface area contributed by atoms with Crippen molar-refractivity contribution in [3.8, 4) is 0 Å². The molecule has 0 saturated carbocycles. The summed E-state index contributed by atoms with van der Waals surface area (Å²) in [6, 6.07) is -1.03. The molecule has 0 aromatic carbocycles. The second-order valence-electron chi connectivity index (χ2n) is 5.24. The van der Waals surface area contributed by atoms with Gasteiger partial charge in [0.15, 0.2) is 0 Å². The molecule has 19 heavy (non-hydrogen) atoms. The molecule has 0 aromatic rings. The van der Waals surface area contributed by atoms with Gasteiger partial charge in [-0.25, -0.2) is 8.42 Å². The minimum Gasteiger partial charge on any atom is -0.480 e. The van der Waals surface area contributed by atoms with Crippen LogP contribution in [0, 0.1) is 5.41 Å².